The Bertz CT molecular complexity index is 274. The summed E-state index contributed by atoms with van der Waals surface area (Å²) in [6.45, 7) is 7.42. The topological polar surface area (TPSA) is 70.6 Å². The van der Waals surface area contributed by atoms with Crippen LogP contribution >= 0.6 is 0 Å². The normalized spacial score (nSPS) is 13.1. The highest BCUT2D eigenvalue weighted by atomic mass is 16.2. The van der Waals surface area contributed by atoms with Gasteiger partial charge >= 0.3 is 0 Å². The van der Waals surface area contributed by atoms with E-state index in [0.717, 1.165) is 6.42 Å². The van der Waals surface area contributed by atoms with Gasteiger partial charge in [-0.3, -0.25) is 9.59 Å². The van der Waals surface area contributed by atoms with Crippen molar-refractivity contribution in [3.8, 4) is 0 Å². The van der Waals surface area contributed by atoms with Crippen molar-refractivity contribution >= 4 is 17.5 Å². The molecule has 0 saturated carbocycles. The van der Waals surface area contributed by atoms with Gasteiger partial charge in [-0.1, -0.05) is 13.8 Å². The lowest BCUT2D eigenvalue weighted by Crippen LogP contribution is -2.33. The van der Waals surface area contributed by atoms with Gasteiger partial charge < -0.3 is 5.32 Å². The van der Waals surface area contributed by atoms with Crippen molar-refractivity contribution in [2.24, 2.45) is 5.10 Å². The molecule has 0 unspecified atom stereocenters. The Labute approximate surface area is 96.7 Å². The molecule has 2 N–H and O–H groups in total. The highest BCUT2D eigenvalue weighted by Gasteiger charge is 2.07. The number of rotatable bonds is 6. The molecule has 0 saturated heterocycles. The van der Waals surface area contributed by atoms with Gasteiger partial charge in [0.15, 0.2) is 0 Å². The predicted molar refractivity (Wildman–Crippen MR) is 64.1 cm³/mol. The number of nitrogens with zero attached hydrogens (tertiary/aromatic N) is 1. The third kappa shape index (κ3) is 6.98. The summed E-state index contributed by atoms with van der Waals surface area (Å²) in [6, 6.07) is 0.172. The van der Waals surface area contributed by atoms with Crippen LogP contribution in [-0.2, 0) is 9.59 Å². The number of nitrogens with one attached hydrogen (secondary N) is 2. The molecule has 5 nitrogen and oxygen atoms in total. The number of hydrogen-bond acceptors (Lipinski definition) is 3. The monoisotopic (exact) mass is 227 g/mol. The summed E-state index contributed by atoms with van der Waals surface area (Å²) in [4.78, 5) is 22.3. The van der Waals surface area contributed by atoms with Crippen LogP contribution < -0.4 is 10.7 Å². The first-order valence-electron chi connectivity index (χ1n) is 5.60. The van der Waals surface area contributed by atoms with Gasteiger partial charge in [0.05, 0.1) is 6.42 Å². The molecule has 16 heavy (non-hydrogen) atoms. The smallest absolute Gasteiger partial charge is 0.239 e. The highest BCUT2D eigenvalue weighted by Crippen LogP contribution is 1.91. The van der Waals surface area contributed by atoms with Crippen LogP contribution in [-0.4, -0.2) is 23.6 Å². The molecule has 0 aliphatic rings. The molecule has 1 atom stereocenters. The third-order valence-electron chi connectivity index (χ3n) is 2.13. The minimum Gasteiger partial charge on any atom is -0.353 e. The largest absolute Gasteiger partial charge is 0.353 e. The molecule has 0 aromatic carbocycles. The Morgan fingerprint density at radius 3 is 2.38 bits per heavy atom. The number of carbonyl (C=O) groups excluding carboxylic acids is 2. The summed E-state index contributed by atoms with van der Waals surface area (Å²) in [6.07, 6.45) is 1.50. The number of hydrazone groups is 1. The maximum atomic E-state index is 11.4. The molecule has 92 valence electrons. The lowest BCUT2D eigenvalue weighted by molar-refractivity contribution is -0.121. The molecule has 0 radical (unpaired) electrons. The molecule has 0 aliphatic heterocycles. The fourth-order valence-electron chi connectivity index (χ4n) is 0.937. The van der Waals surface area contributed by atoms with Crippen LogP contribution in [0.15, 0.2) is 5.10 Å². The Morgan fingerprint density at radius 1 is 1.25 bits per heavy atom. The molecule has 0 aromatic heterocycles. The Morgan fingerprint density at radius 2 is 1.88 bits per heavy atom. The van der Waals surface area contributed by atoms with E-state index in [1.807, 2.05) is 13.8 Å². The minimum absolute atomic E-state index is 0.0682. The fourth-order valence-corrected chi connectivity index (χ4v) is 0.937. The second-order valence-corrected chi connectivity index (χ2v) is 3.79. The standard InChI is InChI=1S/C11H21N3O2/c1-5-8(3)12-11(16)7-9(4)13-14-10(15)6-2/h8H,5-7H2,1-4H3,(H,12,16)(H,14,15)/b13-9+/t8-/m0/s1. The van der Waals surface area contributed by atoms with Gasteiger partial charge in [0, 0.05) is 18.2 Å². The Balaban J connectivity index is 3.98. The first-order valence-corrected chi connectivity index (χ1v) is 5.60. The Kier molecular flexibility index (Phi) is 7.16. The molecular formula is C11H21N3O2. The zero-order chi connectivity index (χ0) is 12.6. The number of carbonyl (C=O) groups is 2. The summed E-state index contributed by atoms with van der Waals surface area (Å²) in [5.74, 6) is -0.219. The van der Waals surface area contributed by atoms with Crippen molar-refractivity contribution in [2.75, 3.05) is 0 Å². The van der Waals surface area contributed by atoms with Crippen molar-refractivity contribution in [3.05, 3.63) is 0 Å². The van der Waals surface area contributed by atoms with Crippen LogP contribution in [0.5, 0.6) is 0 Å². The second-order valence-electron chi connectivity index (χ2n) is 3.79. The van der Waals surface area contributed by atoms with Crippen molar-refractivity contribution in [1.29, 1.82) is 0 Å². The van der Waals surface area contributed by atoms with E-state index in [1.165, 1.54) is 0 Å². The van der Waals surface area contributed by atoms with E-state index in [1.54, 1.807) is 13.8 Å². The maximum Gasteiger partial charge on any atom is 0.239 e. The summed E-state index contributed by atoms with van der Waals surface area (Å²) in [5, 5.41) is 6.65. The van der Waals surface area contributed by atoms with Gasteiger partial charge in [-0.15, -0.1) is 0 Å². The molecule has 0 rings (SSSR count). The molecule has 0 fully saturated rings. The fraction of sp³-hybridized carbons (Fsp3) is 0.727. The summed E-state index contributed by atoms with van der Waals surface area (Å²) in [5.41, 5.74) is 2.97. The second kappa shape index (κ2) is 7.84. The Hall–Kier alpha value is -1.39. The summed E-state index contributed by atoms with van der Waals surface area (Å²) in [7, 11) is 0. The van der Waals surface area contributed by atoms with Crippen LogP contribution in [0.4, 0.5) is 0 Å². The third-order valence-corrected chi connectivity index (χ3v) is 2.13. The molecule has 0 spiro atoms. The van der Waals surface area contributed by atoms with Gasteiger partial charge in [-0.25, -0.2) is 5.43 Å². The van der Waals surface area contributed by atoms with Crippen LogP contribution in [0.25, 0.3) is 0 Å². The van der Waals surface area contributed by atoms with Crippen LogP contribution in [0.2, 0.25) is 0 Å². The molecule has 2 amide bonds. The van der Waals surface area contributed by atoms with Gasteiger partial charge in [0.1, 0.15) is 0 Å². The van der Waals surface area contributed by atoms with Gasteiger partial charge in [0.2, 0.25) is 11.8 Å². The van der Waals surface area contributed by atoms with Crippen LogP contribution in [0.1, 0.15) is 47.0 Å². The summed E-state index contributed by atoms with van der Waals surface area (Å²) >= 11 is 0. The van der Waals surface area contributed by atoms with E-state index in [4.69, 9.17) is 0 Å². The zero-order valence-electron chi connectivity index (χ0n) is 10.5. The van der Waals surface area contributed by atoms with Crippen molar-refractivity contribution in [3.63, 3.8) is 0 Å². The van der Waals surface area contributed by atoms with Gasteiger partial charge in [-0.2, -0.15) is 5.10 Å². The van der Waals surface area contributed by atoms with Crippen molar-refractivity contribution in [1.82, 2.24) is 10.7 Å². The van der Waals surface area contributed by atoms with Crippen LogP contribution in [0.3, 0.4) is 0 Å². The van der Waals surface area contributed by atoms with E-state index in [0.29, 0.717) is 12.1 Å². The van der Waals surface area contributed by atoms with Crippen LogP contribution in [0, 0.1) is 0 Å². The zero-order valence-corrected chi connectivity index (χ0v) is 10.5. The predicted octanol–water partition coefficient (Wildman–Crippen LogP) is 1.19. The lowest BCUT2D eigenvalue weighted by atomic mass is 10.2. The number of hydrogen-bond donors (Lipinski definition) is 2. The highest BCUT2D eigenvalue weighted by molar-refractivity contribution is 6.00. The first-order chi connectivity index (χ1) is 7.49. The summed E-state index contributed by atoms with van der Waals surface area (Å²) < 4.78 is 0. The SMILES string of the molecule is CCC(=O)N/N=C(\C)CC(=O)N[C@@H](C)CC. The average Bonchev–Trinajstić information content (AvgIpc) is 2.25. The maximum absolute atomic E-state index is 11.4. The van der Waals surface area contributed by atoms with E-state index < -0.39 is 0 Å². The van der Waals surface area contributed by atoms with Gasteiger partial charge in [-0.05, 0) is 20.3 Å². The average molecular weight is 227 g/mol. The lowest BCUT2D eigenvalue weighted by Gasteiger charge is -2.10. The minimum atomic E-state index is -0.151. The quantitative estimate of drug-likeness (QED) is 0.528. The van der Waals surface area contributed by atoms with Crippen molar-refractivity contribution in [2.45, 2.75) is 53.0 Å². The molecule has 0 aliphatic carbocycles. The molecule has 0 bridgehead atoms. The van der Waals surface area contributed by atoms with Gasteiger partial charge in [0.25, 0.3) is 0 Å². The molecule has 0 aromatic rings. The molecule has 0 heterocycles. The molecule has 5 heteroatoms. The van der Waals surface area contributed by atoms with E-state index in [2.05, 4.69) is 15.8 Å². The van der Waals surface area contributed by atoms with E-state index in [9.17, 15) is 9.59 Å². The molecular weight excluding hydrogens is 206 g/mol. The van der Waals surface area contributed by atoms with E-state index in [-0.39, 0.29) is 24.3 Å². The van der Waals surface area contributed by atoms with E-state index >= 15 is 0 Å². The first kappa shape index (κ1) is 14.6. The van der Waals surface area contributed by atoms with Crippen molar-refractivity contribution < 1.29 is 9.59 Å². The number of amides is 2.